The first-order valence-corrected chi connectivity index (χ1v) is 6.57. The van der Waals surface area contributed by atoms with Crippen LogP contribution in [0.3, 0.4) is 0 Å². The molecule has 4 nitrogen and oxygen atoms in total. The molecule has 0 aliphatic rings. The first-order valence-electron chi connectivity index (χ1n) is 6.57. The largest absolute Gasteiger partial charge is 0.330 e. The lowest BCUT2D eigenvalue weighted by Gasteiger charge is -2.04. The fourth-order valence-electron chi connectivity index (χ4n) is 2.13. The number of H-pyrrole nitrogens is 1. The minimum Gasteiger partial charge on any atom is -0.330 e. The minimum absolute atomic E-state index is 0.0164. The van der Waals surface area contributed by atoms with Crippen molar-refractivity contribution >= 4 is 22.7 Å². The topological polar surface area (TPSA) is 66.7 Å². The zero-order valence-electron chi connectivity index (χ0n) is 11.2. The first-order chi connectivity index (χ1) is 10.2. The number of nitrogens with two attached hydrogens (primary N) is 1. The van der Waals surface area contributed by atoms with Gasteiger partial charge in [-0.1, -0.05) is 12.1 Å². The number of rotatable bonds is 4. The molecular formula is C15H14F2N4. The third kappa shape index (κ3) is 2.71. The molecule has 0 atom stereocenters. The van der Waals surface area contributed by atoms with Crippen LogP contribution in [0.4, 0.5) is 20.4 Å². The Morgan fingerprint density at radius 1 is 1.10 bits per heavy atom. The van der Waals surface area contributed by atoms with E-state index in [9.17, 15) is 8.78 Å². The smallest absolute Gasteiger partial charge is 0.205 e. The molecule has 6 heteroatoms. The van der Waals surface area contributed by atoms with Crippen LogP contribution in [-0.2, 0) is 6.42 Å². The van der Waals surface area contributed by atoms with E-state index in [0.717, 1.165) is 23.7 Å². The molecule has 0 amide bonds. The highest BCUT2D eigenvalue weighted by Gasteiger charge is 2.11. The van der Waals surface area contributed by atoms with E-state index in [1.807, 2.05) is 24.3 Å². The van der Waals surface area contributed by atoms with Crippen LogP contribution in [0.1, 0.15) is 5.56 Å². The molecule has 0 fully saturated rings. The van der Waals surface area contributed by atoms with Crippen LogP contribution in [0.25, 0.3) is 11.0 Å². The zero-order chi connectivity index (χ0) is 14.8. The van der Waals surface area contributed by atoms with Gasteiger partial charge in [0.15, 0.2) is 11.6 Å². The summed E-state index contributed by atoms with van der Waals surface area (Å²) in [4.78, 5) is 6.93. The third-order valence-electron chi connectivity index (χ3n) is 3.20. The molecule has 1 aromatic heterocycles. The Labute approximate surface area is 120 Å². The summed E-state index contributed by atoms with van der Waals surface area (Å²) in [6.45, 7) is 0.598. The molecule has 108 valence electrons. The number of nitrogens with zero attached hydrogens (tertiary/aromatic N) is 1. The molecule has 0 aliphatic heterocycles. The van der Waals surface area contributed by atoms with Crippen molar-refractivity contribution in [2.75, 3.05) is 11.9 Å². The summed E-state index contributed by atoms with van der Waals surface area (Å²) >= 11 is 0. The number of benzene rings is 2. The Balaban J connectivity index is 1.86. The Kier molecular flexibility index (Phi) is 3.53. The second-order valence-corrected chi connectivity index (χ2v) is 4.70. The Morgan fingerprint density at radius 3 is 2.57 bits per heavy atom. The summed E-state index contributed by atoms with van der Waals surface area (Å²) in [5.74, 6) is -1.50. The Morgan fingerprint density at radius 2 is 1.86 bits per heavy atom. The average molecular weight is 288 g/mol. The van der Waals surface area contributed by atoms with Gasteiger partial charge in [0.1, 0.15) is 5.52 Å². The maximum absolute atomic E-state index is 13.6. The molecule has 0 spiro atoms. The standard InChI is InChI=1S/C15H14F2N4/c16-11-5-6-12-14(13(11)17)21-15(20-12)19-10-3-1-9(2-4-10)7-8-18/h1-6H,7-8,18H2,(H2,19,20,21). The quantitative estimate of drug-likeness (QED) is 0.691. The second kappa shape index (κ2) is 5.49. The van der Waals surface area contributed by atoms with Gasteiger partial charge in [0.2, 0.25) is 5.95 Å². The Bertz CT molecular complexity index is 765. The normalized spacial score (nSPS) is 11.0. The van der Waals surface area contributed by atoms with Gasteiger partial charge in [-0.05, 0) is 42.8 Å². The van der Waals surface area contributed by atoms with Crippen molar-refractivity contribution in [3.8, 4) is 0 Å². The van der Waals surface area contributed by atoms with Crippen LogP contribution in [0, 0.1) is 11.6 Å². The molecule has 21 heavy (non-hydrogen) atoms. The summed E-state index contributed by atoms with van der Waals surface area (Å²) in [5, 5.41) is 3.02. The van der Waals surface area contributed by atoms with Gasteiger partial charge >= 0.3 is 0 Å². The SMILES string of the molecule is NCCc1ccc(Nc2nc3c(F)c(F)ccc3[nH]2)cc1. The van der Waals surface area contributed by atoms with Crippen LogP contribution in [0.15, 0.2) is 36.4 Å². The van der Waals surface area contributed by atoms with Crippen molar-refractivity contribution in [2.24, 2.45) is 5.73 Å². The van der Waals surface area contributed by atoms with Crippen molar-refractivity contribution in [3.63, 3.8) is 0 Å². The number of aromatic nitrogens is 2. The summed E-state index contributed by atoms with van der Waals surface area (Å²) in [7, 11) is 0. The van der Waals surface area contributed by atoms with Crippen LogP contribution in [-0.4, -0.2) is 16.5 Å². The zero-order valence-corrected chi connectivity index (χ0v) is 11.2. The summed E-state index contributed by atoms with van der Waals surface area (Å²) < 4.78 is 26.7. The number of aromatic amines is 1. The van der Waals surface area contributed by atoms with Crippen molar-refractivity contribution in [3.05, 3.63) is 53.6 Å². The van der Waals surface area contributed by atoms with Crippen LogP contribution >= 0.6 is 0 Å². The summed E-state index contributed by atoms with van der Waals surface area (Å²) in [6, 6.07) is 10.2. The van der Waals surface area contributed by atoms with Crippen molar-refractivity contribution < 1.29 is 8.78 Å². The molecule has 0 aliphatic carbocycles. The molecule has 3 aromatic rings. The highest BCUT2D eigenvalue weighted by molar-refractivity contribution is 5.79. The summed E-state index contributed by atoms with van der Waals surface area (Å²) in [6.07, 6.45) is 0.815. The van der Waals surface area contributed by atoms with Crippen molar-refractivity contribution in [1.29, 1.82) is 0 Å². The first kappa shape index (κ1) is 13.5. The molecule has 3 rings (SSSR count). The lowest BCUT2D eigenvalue weighted by Crippen LogP contribution is -2.02. The van der Waals surface area contributed by atoms with Crippen molar-refractivity contribution in [2.45, 2.75) is 6.42 Å². The molecule has 1 heterocycles. The third-order valence-corrected chi connectivity index (χ3v) is 3.20. The average Bonchev–Trinajstić information content (AvgIpc) is 2.89. The van der Waals surface area contributed by atoms with Gasteiger partial charge in [-0.15, -0.1) is 0 Å². The van der Waals surface area contributed by atoms with Crippen molar-refractivity contribution in [1.82, 2.24) is 9.97 Å². The van der Waals surface area contributed by atoms with Crippen LogP contribution < -0.4 is 11.1 Å². The number of fused-ring (bicyclic) bond motifs is 1. The van der Waals surface area contributed by atoms with Gasteiger partial charge in [-0.25, -0.2) is 13.8 Å². The van der Waals surface area contributed by atoms with E-state index in [4.69, 9.17) is 5.73 Å². The number of hydrogen-bond acceptors (Lipinski definition) is 3. The molecule has 0 radical (unpaired) electrons. The van der Waals surface area contributed by atoms with Crippen LogP contribution in [0.5, 0.6) is 0 Å². The number of anilines is 2. The monoisotopic (exact) mass is 288 g/mol. The lowest BCUT2D eigenvalue weighted by molar-refractivity contribution is 0.515. The predicted molar refractivity (Wildman–Crippen MR) is 78.5 cm³/mol. The van der Waals surface area contributed by atoms with Gasteiger partial charge in [-0.2, -0.15) is 0 Å². The fourth-order valence-corrected chi connectivity index (χ4v) is 2.13. The number of halogens is 2. The van der Waals surface area contributed by atoms with Gasteiger partial charge in [0, 0.05) is 5.69 Å². The van der Waals surface area contributed by atoms with E-state index >= 15 is 0 Å². The minimum atomic E-state index is -0.949. The van der Waals surface area contributed by atoms with Gasteiger partial charge in [0.25, 0.3) is 0 Å². The lowest BCUT2D eigenvalue weighted by atomic mass is 10.1. The van der Waals surface area contributed by atoms with E-state index in [1.54, 1.807) is 0 Å². The summed E-state index contributed by atoms with van der Waals surface area (Å²) in [5.41, 5.74) is 7.86. The predicted octanol–water partition coefficient (Wildman–Crippen LogP) is 3.09. The second-order valence-electron chi connectivity index (χ2n) is 4.70. The van der Waals surface area contributed by atoms with E-state index in [-0.39, 0.29) is 5.52 Å². The van der Waals surface area contributed by atoms with E-state index < -0.39 is 11.6 Å². The molecule has 0 saturated heterocycles. The molecule has 0 saturated carbocycles. The van der Waals surface area contributed by atoms with Gasteiger partial charge < -0.3 is 16.0 Å². The van der Waals surface area contributed by atoms with Gasteiger partial charge in [0.05, 0.1) is 5.52 Å². The molecule has 0 bridgehead atoms. The van der Waals surface area contributed by atoms with E-state index in [0.29, 0.717) is 18.0 Å². The fraction of sp³-hybridized carbons (Fsp3) is 0.133. The molecule has 4 N–H and O–H groups in total. The molecular weight excluding hydrogens is 274 g/mol. The highest BCUT2D eigenvalue weighted by Crippen LogP contribution is 2.22. The molecule has 0 unspecified atom stereocenters. The highest BCUT2D eigenvalue weighted by atomic mass is 19.2. The number of imidazole rings is 1. The Hall–Kier alpha value is -2.47. The van der Waals surface area contributed by atoms with E-state index in [2.05, 4.69) is 15.3 Å². The number of nitrogens with one attached hydrogen (secondary N) is 2. The number of hydrogen-bond donors (Lipinski definition) is 3. The maximum atomic E-state index is 13.6. The van der Waals surface area contributed by atoms with Crippen LogP contribution in [0.2, 0.25) is 0 Å². The maximum Gasteiger partial charge on any atom is 0.205 e. The van der Waals surface area contributed by atoms with Gasteiger partial charge in [-0.3, -0.25) is 0 Å². The van der Waals surface area contributed by atoms with E-state index in [1.165, 1.54) is 6.07 Å². The molecule has 2 aromatic carbocycles.